The average Bonchev–Trinajstić information content (AvgIpc) is 2.77. The SMILES string of the molecule is C=CCN1C(=O)COc2ccc(C(=O)Cn3c(=O)ccc4cc([N+](=O)[O-])ccc43)cc21. The summed E-state index contributed by atoms with van der Waals surface area (Å²) in [7, 11) is 0. The lowest BCUT2D eigenvalue weighted by molar-refractivity contribution is -0.384. The Morgan fingerprint density at radius 1 is 1.16 bits per heavy atom. The van der Waals surface area contributed by atoms with E-state index < -0.39 is 10.5 Å². The second-order valence-corrected chi connectivity index (χ2v) is 6.95. The van der Waals surface area contributed by atoms with Crippen LogP contribution in [0.25, 0.3) is 10.9 Å². The molecule has 9 nitrogen and oxygen atoms in total. The summed E-state index contributed by atoms with van der Waals surface area (Å²) >= 11 is 0. The van der Waals surface area contributed by atoms with E-state index in [0.717, 1.165) is 0 Å². The van der Waals surface area contributed by atoms with Gasteiger partial charge in [-0.05, 0) is 30.3 Å². The molecular weight excluding hydrogens is 402 g/mol. The van der Waals surface area contributed by atoms with Crippen LogP contribution in [-0.2, 0) is 11.3 Å². The van der Waals surface area contributed by atoms with Crippen LogP contribution in [0.15, 0.2) is 66.0 Å². The van der Waals surface area contributed by atoms with E-state index in [2.05, 4.69) is 6.58 Å². The minimum Gasteiger partial charge on any atom is -0.482 e. The second-order valence-electron chi connectivity index (χ2n) is 6.95. The molecule has 1 aromatic heterocycles. The lowest BCUT2D eigenvalue weighted by atomic mass is 10.1. The standard InChI is InChI=1S/C22H17N3O6/c1-2-9-23-18-11-15(3-7-20(18)31-13-22(23)28)19(26)12-24-17-6-5-16(25(29)30)10-14(17)4-8-21(24)27/h2-8,10-11H,1,9,12-13H2. The number of pyridine rings is 1. The zero-order chi connectivity index (χ0) is 22.1. The zero-order valence-corrected chi connectivity index (χ0v) is 16.3. The minimum absolute atomic E-state index is 0.0916. The number of aromatic nitrogens is 1. The molecule has 2 aromatic carbocycles. The van der Waals surface area contributed by atoms with Gasteiger partial charge < -0.3 is 14.2 Å². The number of carbonyl (C=O) groups excluding carboxylic acids is 2. The van der Waals surface area contributed by atoms with Gasteiger partial charge in [-0.15, -0.1) is 6.58 Å². The van der Waals surface area contributed by atoms with E-state index in [0.29, 0.717) is 27.9 Å². The van der Waals surface area contributed by atoms with E-state index in [1.807, 2.05) is 0 Å². The molecule has 0 bridgehead atoms. The summed E-state index contributed by atoms with van der Waals surface area (Å²) < 4.78 is 6.69. The molecule has 4 rings (SSSR count). The maximum atomic E-state index is 13.0. The highest BCUT2D eigenvalue weighted by Gasteiger charge is 2.26. The first-order chi connectivity index (χ1) is 14.9. The Morgan fingerprint density at radius 2 is 1.97 bits per heavy atom. The average molecular weight is 419 g/mol. The monoisotopic (exact) mass is 419 g/mol. The first-order valence-electron chi connectivity index (χ1n) is 9.38. The molecule has 0 aliphatic carbocycles. The van der Waals surface area contributed by atoms with Crippen molar-refractivity contribution in [2.24, 2.45) is 0 Å². The Balaban J connectivity index is 1.71. The molecule has 0 fully saturated rings. The van der Waals surface area contributed by atoms with Crippen molar-refractivity contribution < 1.29 is 19.2 Å². The highest BCUT2D eigenvalue weighted by molar-refractivity contribution is 6.02. The molecule has 31 heavy (non-hydrogen) atoms. The number of nitrogens with zero attached hydrogens (tertiary/aromatic N) is 3. The Morgan fingerprint density at radius 3 is 2.71 bits per heavy atom. The van der Waals surface area contributed by atoms with Crippen LogP contribution in [0, 0.1) is 10.1 Å². The summed E-state index contributed by atoms with van der Waals surface area (Å²) in [5, 5.41) is 11.5. The van der Waals surface area contributed by atoms with Crippen LogP contribution in [-0.4, -0.2) is 34.3 Å². The Kier molecular flexibility index (Phi) is 5.08. The van der Waals surface area contributed by atoms with Crippen molar-refractivity contribution in [1.82, 2.24) is 4.57 Å². The van der Waals surface area contributed by atoms with Gasteiger partial charge in [0, 0.05) is 35.7 Å². The molecule has 1 aliphatic heterocycles. The molecule has 0 N–H and O–H groups in total. The Labute approximate surface area is 175 Å². The lowest BCUT2D eigenvalue weighted by Gasteiger charge is -2.28. The van der Waals surface area contributed by atoms with Crippen molar-refractivity contribution in [3.63, 3.8) is 0 Å². The molecule has 9 heteroatoms. The van der Waals surface area contributed by atoms with Gasteiger partial charge in [-0.1, -0.05) is 6.08 Å². The number of carbonyl (C=O) groups is 2. The molecule has 1 amide bonds. The van der Waals surface area contributed by atoms with E-state index >= 15 is 0 Å². The predicted octanol–water partition coefficient (Wildman–Crippen LogP) is 2.70. The van der Waals surface area contributed by atoms with Gasteiger partial charge in [0.2, 0.25) is 0 Å². The number of benzene rings is 2. The number of ether oxygens (including phenoxy) is 1. The summed E-state index contributed by atoms with van der Waals surface area (Å²) in [6, 6.07) is 11.6. The fourth-order valence-corrected chi connectivity index (χ4v) is 3.51. The van der Waals surface area contributed by atoms with E-state index in [1.54, 1.807) is 24.3 Å². The highest BCUT2D eigenvalue weighted by atomic mass is 16.6. The van der Waals surface area contributed by atoms with Gasteiger partial charge in [0.05, 0.1) is 22.7 Å². The number of ketones is 1. The van der Waals surface area contributed by atoms with Crippen LogP contribution in [0.3, 0.4) is 0 Å². The molecule has 0 saturated carbocycles. The number of non-ortho nitro benzene ring substituents is 1. The molecule has 0 saturated heterocycles. The highest BCUT2D eigenvalue weighted by Crippen LogP contribution is 2.33. The number of amides is 1. The Hall–Kier alpha value is -4.27. The molecule has 3 aromatic rings. The number of hydrogen-bond acceptors (Lipinski definition) is 6. The first kappa shape index (κ1) is 20.0. The molecule has 0 radical (unpaired) electrons. The van der Waals surface area contributed by atoms with Gasteiger partial charge in [0.15, 0.2) is 12.4 Å². The van der Waals surface area contributed by atoms with Gasteiger partial charge in [0.25, 0.3) is 17.2 Å². The number of anilines is 1. The summed E-state index contributed by atoms with van der Waals surface area (Å²) in [5.74, 6) is -0.121. The van der Waals surface area contributed by atoms with Crippen molar-refractivity contribution in [3.8, 4) is 5.75 Å². The molecule has 2 heterocycles. The normalized spacial score (nSPS) is 12.9. The van der Waals surface area contributed by atoms with Crippen LogP contribution < -0.4 is 15.2 Å². The van der Waals surface area contributed by atoms with Crippen molar-refractivity contribution in [2.75, 3.05) is 18.1 Å². The van der Waals surface area contributed by atoms with Crippen molar-refractivity contribution >= 4 is 34.0 Å². The molecule has 156 valence electrons. The second kappa shape index (κ2) is 7.86. The van der Waals surface area contributed by atoms with Crippen molar-refractivity contribution in [1.29, 1.82) is 0 Å². The van der Waals surface area contributed by atoms with Crippen molar-refractivity contribution in [2.45, 2.75) is 6.54 Å². The zero-order valence-electron chi connectivity index (χ0n) is 16.3. The third-order valence-corrected chi connectivity index (χ3v) is 5.02. The number of fused-ring (bicyclic) bond motifs is 2. The largest absolute Gasteiger partial charge is 0.482 e. The summed E-state index contributed by atoms with van der Waals surface area (Å²) in [5.41, 5.74) is 0.668. The van der Waals surface area contributed by atoms with Crippen molar-refractivity contribution in [3.05, 3.63) is 87.2 Å². The molecule has 1 aliphatic rings. The molecular formula is C22H17N3O6. The minimum atomic E-state index is -0.522. The number of Topliss-reactive ketones (excluding diaryl/α,β-unsaturated/α-hetero) is 1. The topological polar surface area (TPSA) is 112 Å². The fourth-order valence-electron chi connectivity index (χ4n) is 3.51. The number of hydrogen-bond donors (Lipinski definition) is 0. The third kappa shape index (κ3) is 3.68. The summed E-state index contributed by atoms with van der Waals surface area (Å²) in [6.45, 7) is 3.57. The van der Waals surface area contributed by atoms with Gasteiger partial charge in [0.1, 0.15) is 5.75 Å². The van der Waals surface area contributed by atoms with Crippen LogP contribution >= 0.6 is 0 Å². The van der Waals surface area contributed by atoms with E-state index in [-0.39, 0.29) is 37.1 Å². The fraction of sp³-hybridized carbons (Fsp3) is 0.136. The molecule has 0 spiro atoms. The number of nitro groups is 1. The molecule has 0 atom stereocenters. The van der Waals surface area contributed by atoms with Gasteiger partial charge in [-0.25, -0.2) is 0 Å². The van der Waals surface area contributed by atoms with E-state index in [4.69, 9.17) is 4.74 Å². The lowest BCUT2D eigenvalue weighted by Crippen LogP contribution is -2.39. The predicted molar refractivity (Wildman–Crippen MR) is 114 cm³/mol. The van der Waals surface area contributed by atoms with Gasteiger partial charge >= 0.3 is 0 Å². The first-order valence-corrected chi connectivity index (χ1v) is 9.38. The van der Waals surface area contributed by atoms with E-state index in [1.165, 1.54) is 39.8 Å². The van der Waals surface area contributed by atoms with Crippen LogP contribution in [0.4, 0.5) is 11.4 Å². The summed E-state index contributed by atoms with van der Waals surface area (Å²) in [6.07, 6.45) is 1.58. The third-order valence-electron chi connectivity index (χ3n) is 5.02. The maximum Gasteiger partial charge on any atom is 0.270 e. The number of nitro benzene ring substituents is 1. The maximum absolute atomic E-state index is 13.0. The Bertz CT molecular complexity index is 1310. The van der Waals surface area contributed by atoms with E-state index in [9.17, 15) is 24.5 Å². The van der Waals surface area contributed by atoms with Crippen LogP contribution in [0.5, 0.6) is 5.75 Å². The smallest absolute Gasteiger partial charge is 0.270 e. The number of rotatable bonds is 6. The quantitative estimate of drug-likeness (QED) is 0.263. The molecule has 0 unspecified atom stereocenters. The van der Waals surface area contributed by atoms with Crippen LogP contribution in [0.1, 0.15) is 10.4 Å². The summed E-state index contributed by atoms with van der Waals surface area (Å²) in [4.78, 5) is 49.5. The van der Waals surface area contributed by atoms with Crippen LogP contribution in [0.2, 0.25) is 0 Å². The van der Waals surface area contributed by atoms with Gasteiger partial charge in [-0.3, -0.25) is 24.5 Å². The van der Waals surface area contributed by atoms with Gasteiger partial charge in [-0.2, -0.15) is 0 Å².